The Hall–Kier alpha value is -1.70. The molecule has 0 radical (unpaired) electrons. The third kappa shape index (κ3) is 3.44. The van der Waals surface area contributed by atoms with E-state index >= 15 is 0 Å². The Bertz CT molecular complexity index is 783. The summed E-state index contributed by atoms with van der Waals surface area (Å²) < 4.78 is 5.57. The molecule has 0 N–H and O–H groups in total. The normalized spacial score (nSPS) is 26.3. The van der Waals surface area contributed by atoms with Gasteiger partial charge in [0.2, 0.25) is 8.32 Å². The van der Waals surface area contributed by atoms with E-state index in [1.165, 1.54) is 7.05 Å². The number of hydroxylamine groups is 3. The molecule has 6 nitrogen and oxygen atoms in total. The summed E-state index contributed by atoms with van der Waals surface area (Å²) >= 11 is 0. The summed E-state index contributed by atoms with van der Waals surface area (Å²) in [5.41, 5.74) is 1.43. The third-order valence-electron chi connectivity index (χ3n) is 6.31. The molecule has 3 rings (SSSR count). The zero-order chi connectivity index (χ0) is 20.2. The fourth-order valence-corrected chi connectivity index (χ4v) is 4.57. The van der Waals surface area contributed by atoms with Crippen LogP contribution in [-0.4, -0.2) is 49.3 Å². The van der Waals surface area contributed by atoms with E-state index in [0.29, 0.717) is 24.9 Å². The number of rotatable bonds is 3. The Labute approximate surface area is 162 Å². The molecule has 0 bridgehead atoms. The molecule has 1 saturated heterocycles. The summed E-state index contributed by atoms with van der Waals surface area (Å²) in [6.45, 7) is 11.5. The van der Waals surface area contributed by atoms with Gasteiger partial charge in [0.25, 0.3) is 5.91 Å². The van der Waals surface area contributed by atoms with Crippen LogP contribution in [0.15, 0.2) is 18.2 Å². The molecule has 0 saturated carbocycles. The minimum absolute atomic E-state index is 0.0409. The largest absolute Gasteiger partial charge is 0.625 e. The van der Waals surface area contributed by atoms with Crippen LogP contribution in [0.1, 0.15) is 49.5 Å². The molecule has 0 spiro atoms. The average molecular weight is 391 g/mol. The number of nitrogens with zero attached hydrogens (tertiary/aromatic N) is 2. The summed E-state index contributed by atoms with van der Waals surface area (Å²) in [7, 11) is -0.675. The highest BCUT2D eigenvalue weighted by atomic mass is 28.4. The van der Waals surface area contributed by atoms with E-state index in [1.807, 2.05) is 12.1 Å². The fraction of sp³-hybridized carbons (Fsp3) is 0.600. The molecule has 2 heterocycles. The predicted molar refractivity (Wildman–Crippen MR) is 107 cm³/mol. The van der Waals surface area contributed by atoms with Gasteiger partial charge in [0.15, 0.2) is 0 Å². The molecular formula is C20H30N2O4Si. The number of carbonyl (C=O) groups is 2. The average Bonchev–Trinajstić information content (AvgIpc) is 2.87. The molecule has 1 aromatic rings. The highest BCUT2D eigenvalue weighted by Gasteiger charge is 2.46. The number of benzene rings is 1. The maximum absolute atomic E-state index is 13.0. The van der Waals surface area contributed by atoms with Crippen LogP contribution in [0.25, 0.3) is 0 Å². The van der Waals surface area contributed by atoms with Gasteiger partial charge in [-0.25, -0.2) is 4.79 Å². The van der Waals surface area contributed by atoms with Crippen molar-refractivity contribution in [3.8, 4) is 5.75 Å². The lowest BCUT2D eigenvalue weighted by molar-refractivity contribution is -0.788. The number of piperidine rings is 1. The topological polar surface area (TPSA) is 69.7 Å². The number of fused-ring (bicyclic) bond motifs is 1. The Morgan fingerprint density at radius 3 is 2.56 bits per heavy atom. The first-order valence-electron chi connectivity index (χ1n) is 9.58. The summed E-state index contributed by atoms with van der Waals surface area (Å²) in [6.07, 6.45) is 1.19. The van der Waals surface area contributed by atoms with Crippen molar-refractivity contribution in [3.05, 3.63) is 34.5 Å². The SMILES string of the molecule is CC(C)(C)[Si](C)(C)Oc1cccc2c1CN(C1CCC[N+](C)([O-])C1=O)C2=O. The zero-order valence-electron chi connectivity index (χ0n) is 17.2. The number of hydrogen-bond acceptors (Lipinski definition) is 4. The van der Waals surface area contributed by atoms with Crippen molar-refractivity contribution in [2.75, 3.05) is 13.6 Å². The van der Waals surface area contributed by atoms with Gasteiger partial charge in [-0.2, -0.15) is 0 Å². The second-order valence-electron chi connectivity index (χ2n) is 9.40. The third-order valence-corrected chi connectivity index (χ3v) is 10.7. The molecule has 2 aliphatic rings. The predicted octanol–water partition coefficient (Wildman–Crippen LogP) is 3.66. The van der Waals surface area contributed by atoms with Gasteiger partial charge in [-0.3, -0.25) is 9.44 Å². The molecular weight excluding hydrogens is 360 g/mol. The van der Waals surface area contributed by atoms with Crippen molar-refractivity contribution < 1.29 is 18.7 Å². The van der Waals surface area contributed by atoms with E-state index in [9.17, 15) is 14.8 Å². The molecule has 2 unspecified atom stereocenters. The minimum Gasteiger partial charge on any atom is -0.625 e. The van der Waals surface area contributed by atoms with Crippen LogP contribution in [0.3, 0.4) is 0 Å². The van der Waals surface area contributed by atoms with Gasteiger partial charge in [0.1, 0.15) is 11.8 Å². The second-order valence-corrected chi connectivity index (χ2v) is 14.1. The Morgan fingerprint density at radius 1 is 1.26 bits per heavy atom. The van der Waals surface area contributed by atoms with Crippen LogP contribution < -0.4 is 4.43 Å². The van der Waals surface area contributed by atoms with E-state index in [4.69, 9.17) is 4.43 Å². The summed E-state index contributed by atoms with van der Waals surface area (Å²) in [4.78, 5) is 27.2. The molecule has 7 heteroatoms. The van der Waals surface area contributed by atoms with Crippen LogP contribution in [-0.2, 0) is 11.3 Å². The highest BCUT2D eigenvalue weighted by Crippen LogP contribution is 2.41. The molecule has 27 heavy (non-hydrogen) atoms. The standard InChI is InChI=1S/C20H30N2O4Si/c1-20(2,3)27(5,6)26-17-11-7-9-14-15(17)13-21(18(14)23)16-10-8-12-22(4,25)19(16)24/h7,9,11,16H,8,10,12-13H2,1-6H3. The summed E-state index contributed by atoms with van der Waals surface area (Å²) in [5, 5.41) is 12.4. The lowest BCUT2D eigenvalue weighted by Gasteiger charge is -2.43. The van der Waals surface area contributed by atoms with Gasteiger partial charge >= 0.3 is 5.91 Å². The van der Waals surface area contributed by atoms with Crippen LogP contribution in [0.5, 0.6) is 5.75 Å². The van der Waals surface area contributed by atoms with E-state index in [0.717, 1.165) is 11.3 Å². The van der Waals surface area contributed by atoms with Gasteiger partial charge < -0.3 is 14.5 Å². The molecule has 2 aliphatic heterocycles. The van der Waals surface area contributed by atoms with Crippen molar-refractivity contribution in [1.82, 2.24) is 4.90 Å². The molecule has 1 aromatic carbocycles. The number of amides is 2. The first kappa shape index (κ1) is 20.0. The minimum atomic E-state index is -2.06. The van der Waals surface area contributed by atoms with Gasteiger partial charge in [-0.05, 0) is 43.1 Å². The molecule has 1 fully saturated rings. The quantitative estimate of drug-likeness (QED) is 0.449. The van der Waals surface area contributed by atoms with E-state index < -0.39 is 24.9 Å². The maximum atomic E-state index is 13.0. The molecule has 0 aromatic heterocycles. The zero-order valence-corrected chi connectivity index (χ0v) is 18.2. The number of likely N-dealkylation sites (tertiary alicyclic amines) is 1. The van der Waals surface area contributed by atoms with E-state index in [1.54, 1.807) is 11.0 Å². The van der Waals surface area contributed by atoms with Crippen molar-refractivity contribution in [2.45, 2.75) is 64.3 Å². The monoisotopic (exact) mass is 390 g/mol. The van der Waals surface area contributed by atoms with Crippen LogP contribution in [0, 0.1) is 5.21 Å². The van der Waals surface area contributed by atoms with E-state index in [-0.39, 0.29) is 17.5 Å². The first-order chi connectivity index (χ1) is 12.3. The lowest BCUT2D eigenvalue weighted by Crippen LogP contribution is -2.58. The smallest absolute Gasteiger partial charge is 0.336 e. The van der Waals surface area contributed by atoms with Gasteiger partial charge in [0.05, 0.1) is 20.1 Å². The summed E-state index contributed by atoms with van der Waals surface area (Å²) in [6, 6.07) is 4.88. The van der Waals surface area contributed by atoms with Crippen molar-refractivity contribution >= 4 is 20.1 Å². The first-order valence-corrected chi connectivity index (χ1v) is 12.5. The molecule has 148 valence electrons. The molecule has 2 amide bonds. The maximum Gasteiger partial charge on any atom is 0.336 e. The van der Waals surface area contributed by atoms with Crippen molar-refractivity contribution in [2.24, 2.45) is 0 Å². The number of likely N-dealkylation sites (N-methyl/N-ethyl adjacent to an activating group) is 1. The Kier molecular flexibility index (Phi) is 4.77. The molecule has 0 aliphatic carbocycles. The van der Waals surface area contributed by atoms with Crippen molar-refractivity contribution in [1.29, 1.82) is 0 Å². The van der Waals surface area contributed by atoms with Gasteiger partial charge in [0, 0.05) is 11.1 Å². The Morgan fingerprint density at radius 2 is 1.93 bits per heavy atom. The number of carbonyl (C=O) groups excluding carboxylic acids is 2. The second kappa shape index (κ2) is 6.43. The summed E-state index contributed by atoms with van der Waals surface area (Å²) in [5.74, 6) is 0.137. The fourth-order valence-electron chi connectivity index (χ4n) is 3.53. The lowest BCUT2D eigenvalue weighted by atomic mass is 10.0. The number of quaternary nitrogens is 1. The molecule has 2 atom stereocenters. The Balaban J connectivity index is 1.91. The van der Waals surface area contributed by atoms with Gasteiger partial charge in [-0.1, -0.05) is 26.8 Å². The van der Waals surface area contributed by atoms with Crippen LogP contribution >= 0.6 is 0 Å². The van der Waals surface area contributed by atoms with Crippen LogP contribution in [0.4, 0.5) is 0 Å². The van der Waals surface area contributed by atoms with E-state index in [2.05, 4.69) is 33.9 Å². The van der Waals surface area contributed by atoms with Crippen molar-refractivity contribution in [3.63, 3.8) is 0 Å². The highest BCUT2D eigenvalue weighted by molar-refractivity contribution is 6.74. The number of hydrogen-bond donors (Lipinski definition) is 0. The van der Waals surface area contributed by atoms with Crippen LogP contribution in [0.2, 0.25) is 18.1 Å². The van der Waals surface area contributed by atoms with Gasteiger partial charge in [-0.15, -0.1) is 0 Å².